The first-order valence-electron chi connectivity index (χ1n) is 7.85. The Hall–Kier alpha value is -1.91. The van der Waals surface area contributed by atoms with Gasteiger partial charge in [0.05, 0.1) is 0 Å². The number of nitrogens with zero attached hydrogens (tertiary/aromatic N) is 2. The van der Waals surface area contributed by atoms with Gasteiger partial charge in [0.2, 0.25) is 0 Å². The van der Waals surface area contributed by atoms with Crippen molar-refractivity contribution in [3.8, 4) is 0 Å². The molecule has 0 saturated carbocycles. The van der Waals surface area contributed by atoms with Gasteiger partial charge < -0.3 is 15.1 Å². The van der Waals surface area contributed by atoms with E-state index in [4.69, 9.17) is 23.2 Å². The summed E-state index contributed by atoms with van der Waals surface area (Å²) in [4.78, 5) is 16.4. The van der Waals surface area contributed by atoms with Crippen molar-refractivity contribution in [1.29, 1.82) is 0 Å². The van der Waals surface area contributed by atoms with Gasteiger partial charge in [-0.2, -0.15) is 0 Å². The minimum atomic E-state index is -0.0966. The van der Waals surface area contributed by atoms with Crippen molar-refractivity contribution in [3.63, 3.8) is 0 Å². The largest absolute Gasteiger partial charge is 0.368 e. The first-order chi connectivity index (χ1) is 11.5. The second kappa shape index (κ2) is 7.32. The number of anilines is 2. The number of rotatable bonds is 2. The fourth-order valence-electron chi connectivity index (χ4n) is 2.71. The fraction of sp³-hybridized carbons (Fsp3) is 0.278. The fourth-order valence-corrected chi connectivity index (χ4v) is 3.08. The van der Waals surface area contributed by atoms with Gasteiger partial charge in [0.25, 0.3) is 0 Å². The highest BCUT2D eigenvalue weighted by molar-refractivity contribution is 6.31. The van der Waals surface area contributed by atoms with Crippen LogP contribution in [0.1, 0.15) is 5.56 Å². The van der Waals surface area contributed by atoms with Gasteiger partial charge >= 0.3 is 6.03 Å². The zero-order chi connectivity index (χ0) is 17.1. The average molecular weight is 364 g/mol. The Bertz CT molecular complexity index is 743. The zero-order valence-corrected chi connectivity index (χ0v) is 14.9. The van der Waals surface area contributed by atoms with E-state index in [1.165, 1.54) is 0 Å². The third-order valence-electron chi connectivity index (χ3n) is 4.16. The van der Waals surface area contributed by atoms with Crippen molar-refractivity contribution in [3.05, 3.63) is 58.1 Å². The van der Waals surface area contributed by atoms with Gasteiger partial charge in [0.1, 0.15) is 0 Å². The molecule has 1 heterocycles. The van der Waals surface area contributed by atoms with E-state index in [-0.39, 0.29) is 6.03 Å². The Morgan fingerprint density at radius 2 is 1.79 bits per heavy atom. The molecule has 126 valence electrons. The molecule has 0 aromatic heterocycles. The second-order valence-corrected chi connectivity index (χ2v) is 6.69. The number of halogens is 2. The summed E-state index contributed by atoms with van der Waals surface area (Å²) in [6.45, 7) is 4.82. The molecule has 1 aliphatic rings. The standard InChI is InChI=1S/C18H19Cl2N3O/c1-13-5-6-15(12-17(13)20)21-18(24)23-9-7-22(8-10-23)16-4-2-3-14(19)11-16/h2-6,11-12H,7-10H2,1H3,(H,21,24). The predicted octanol–water partition coefficient (Wildman–Crippen LogP) is 4.66. The molecule has 1 fully saturated rings. The number of nitrogens with one attached hydrogen (secondary N) is 1. The molecule has 4 nitrogen and oxygen atoms in total. The summed E-state index contributed by atoms with van der Waals surface area (Å²) in [6, 6.07) is 13.2. The van der Waals surface area contributed by atoms with Gasteiger partial charge in [0, 0.05) is 47.6 Å². The Labute approximate surface area is 152 Å². The number of benzene rings is 2. The molecule has 2 aromatic carbocycles. The maximum Gasteiger partial charge on any atom is 0.321 e. The second-order valence-electron chi connectivity index (χ2n) is 5.85. The lowest BCUT2D eigenvalue weighted by molar-refractivity contribution is 0.208. The van der Waals surface area contributed by atoms with Crippen molar-refractivity contribution in [2.75, 3.05) is 36.4 Å². The van der Waals surface area contributed by atoms with Crippen LogP contribution in [0.15, 0.2) is 42.5 Å². The first kappa shape index (κ1) is 16.9. The molecule has 0 spiro atoms. The predicted molar refractivity (Wildman–Crippen MR) is 100 cm³/mol. The van der Waals surface area contributed by atoms with E-state index in [0.717, 1.165) is 29.4 Å². The summed E-state index contributed by atoms with van der Waals surface area (Å²) < 4.78 is 0. The van der Waals surface area contributed by atoms with Crippen LogP contribution in [0.2, 0.25) is 10.0 Å². The topological polar surface area (TPSA) is 35.6 Å². The van der Waals surface area contributed by atoms with Gasteiger partial charge in [-0.05, 0) is 42.8 Å². The number of amides is 2. The molecule has 0 radical (unpaired) electrons. The Morgan fingerprint density at radius 1 is 1.04 bits per heavy atom. The molecular weight excluding hydrogens is 345 g/mol. The Kier molecular flexibility index (Phi) is 5.17. The van der Waals surface area contributed by atoms with Gasteiger partial charge in [-0.1, -0.05) is 35.3 Å². The molecule has 0 bridgehead atoms. The lowest BCUT2D eigenvalue weighted by atomic mass is 10.2. The number of hydrogen-bond acceptors (Lipinski definition) is 2. The van der Waals surface area contributed by atoms with Crippen LogP contribution in [0, 0.1) is 6.92 Å². The third-order valence-corrected chi connectivity index (χ3v) is 4.81. The Balaban J connectivity index is 1.58. The van der Waals surface area contributed by atoms with Crippen molar-refractivity contribution < 1.29 is 4.79 Å². The maximum absolute atomic E-state index is 12.4. The van der Waals surface area contributed by atoms with Crippen LogP contribution in [0.5, 0.6) is 0 Å². The van der Waals surface area contributed by atoms with Crippen molar-refractivity contribution >= 4 is 40.6 Å². The minimum absolute atomic E-state index is 0.0966. The van der Waals surface area contributed by atoms with E-state index in [2.05, 4.69) is 10.2 Å². The van der Waals surface area contributed by atoms with E-state index < -0.39 is 0 Å². The van der Waals surface area contributed by atoms with Crippen molar-refractivity contribution in [2.45, 2.75) is 6.92 Å². The van der Waals surface area contributed by atoms with E-state index >= 15 is 0 Å². The van der Waals surface area contributed by atoms with E-state index in [0.29, 0.717) is 23.8 Å². The van der Waals surface area contributed by atoms with Gasteiger partial charge in [0.15, 0.2) is 0 Å². The lowest BCUT2D eigenvalue weighted by Gasteiger charge is -2.36. The number of aryl methyl sites for hydroxylation is 1. The number of carbonyl (C=O) groups is 1. The van der Waals surface area contributed by atoms with E-state index in [1.54, 1.807) is 6.07 Å². The first-order valence-corrected chi connectivity index (χ1v) is 8.61. The van der Waals surface area contributed by atoms with Crippen LogP contribution in [0.25, 0.3) is 0 Å². The van der Waals surface area contributed by atoms with Crippen LogP contribution in [-0.2, 0) is 0 Å². The molecule has 0 atom stereocenters. The number of piperazine rings is 1. The van der Waals surface area contributed by atoms with Crippen molar-refractivity contribution in [2.24, 2.45) is 0 Å². The van der Waals surface area contributed by atoms with Crippen LogP contribution in [0.3, 0.4) is 0 Å². The molecular formula is C18H19Cl2N3O. The molecule has 1 saturated heterocycles. The number of carbonyl (C=O) groups excluding carboxylic acids is 1. The third kappa shape index (κ3) is 3.94. The number of urea groups is 1. The molecule has 1 N–H and O–H groups in total. The molecule has 3 rings (SSSR count). The zero-order valence-electron chi connectivity index (χ0n) is 13.4. The normalized spacial score (nSPS) is 14.6. The maximum atomic E-state index is 12.4. The molecule has 2 amide bonds. The smallest absolute Gasteiger partial charge is 0.321 e. The van der Waals surface area contributed by atoms with Gasteiger partial charge in [-0.25, -0.2) is 4.79 Å². The summed E-state index contributed by atoms with van der Waals surface area (Å²) >= 11 is 12.1. The van der Waals surface area contributed by atoms with E-state index in [1.807, 2.05) is 48.2 Å². The van der Waals surface area contributed by atoms with Gasteiger partial charge in [-0.15, -0.1) is 0 Å². The highest BCUT2D eigenvalue weighted by Crippen LogP contribution is 2.22. The quantitative estimate of drug-likeness (QED) is 0.842. The average Bonchev–Trinajstić information content (AvgIpc) is 2.58. The van der Waals surface area contributed by atoms with Crippen LogP contribution < -0.4 is 10.2 Å². The monoisotopic (exact) mass is 363 g/mol. The van der Waals surface area contributed by atoms with Crippen LogP contribution in [0.4, 0.5) is 16.2 Å². The highest BCUT2D eigenvalue weighted by Gasteiger charge is 2.21. The SMILES string of the molecule is Cc1ccc(NC(=O)N2CCN(c3cccc(Cl)c3)CC2)cc1Cl. The summed E-state index contributed by atoms with van der Waals surface area (Å²) in [5.41, 5.74) is 2.80. The molecule has 0 aliphatic carbocycles. The Morgan fingerprint density at radius 3 is 2.46 bits per heavy atom. The van der Waals surface area contributed by atoms with Crippen LogP contribution in [-0.4, -0.2) is 37.1 Å². The molecule has 24 heavy (non-hydrogen) atoms. The summed E-state index contributed by atoms with van der Waals surface area (Å²) in [6.07, 6.45) is 0. The van der Waals surface area contributed by atoms with Crippen molar-refractivity contribution in [1.82, 2.24) is 4.90 Å². The summed E-state index contributed by atoms with van der Waals surface area (Å²) in [5, 5.41) is 4.28. The molecule has 6 heteroatoms. The molecule has 0 unspecified atom stereocenters. The highest BCUT2D eigenvalue weighted by atomic mass is 35.5. The number of hydrogen-bond donors (Lipinski definition) is 1. The minimum Gasteiger partial charge on any atom is -0.368 e. The lowest BCUT2D eigenvalue weighted by Crippen LogP contribution is -2.50. The molecule has 1 aliphatic heterocycles. The summed E-state index contributed by atoms with van der Waals surface area (Å²) in [7, 11) is 0. The molecule has 2 aromatic rings. The van der Waals surface area contributed by atoms with Gasteiger partial charge in [-0.3, -0.25) is 0 Å². The van der Waals surface area contributed by atoms with E-state index in [9.17, 15) is 4.79 Å². The summed E-state index contributed by atoms with van der Waals surface area (Å²) in [5.74, 6) is 0. The van der Waals surface area contributed by atoms with Crippen LogP contribution >= 0.6 is 23.2 Å².